The van der Waals surface area contributed by atoms with Gasteiger partial charge in [0.05, 0.1) is 17.3 Å². The van der Waals surface area contributed by atoms with Gasteiger partial charge >= 0.3 is 5.92 Å². The van der Waals surface area contributed by atoms with Crippen LogP contribution in [0.5, 0.6) is 0 Å². The molecular weight excluding hydrogens is 518 g/mol. The van der Waals surface area contributed by atoms with Crippen LogP contribution in [0.4, 0.5) is 14.5 Å². The first-order chi connectivity index (χ1) is 19.7. The lowest BCUT2D eigenvalue weighted by molar-refractivity contribution is -0.487. The van der Waals surface area contributed by atoms with Gasteiger partial charge in [-0.15, -0.1) is 0 Å². The molecule has 208 valence electrons. The molecule has 0 N–H and O–H groups in total. The molecule has 1 saturated heterocycles. The van der Waals surface area contributed by atoms with E-state index in [1.54, 1.807) is 12.6 Å². The lowest BCUT2D eigenvalue weighted by atomic mass is 9.83. The monoisotopic (exact) mass is 551 g/mol. The van der Waals surface area contributed by atoms with Gasteiger partial charge in [-0.2, -0.15) is 8.78 Å². The maximum atomic E-state index is 13.9. The molecule has 2 atom stereocenters. The van der Waals surface area contributed by atoms with Gasteiger partial charge in [-0.3, -0.25) is 0 Å². The number of hydrogen-bond acceptors (Lipinski definition) is 5. The number of hydrogen-bond donors (Lipinski definition) is 0. The lowest BCUT2D eigenvalue weighted by Crippen LogP contribution is -2.45. The number of halogens is 2. The van der Waals surface area contributed by atoms with E-state index in [1.165, 1.54) is 30.0 Å². The molecule has 0 amide bonds. The maximum Gasteiger partial charge on any atom is 0.303 e. The van der Waals surface area contributed by atoms with E-state index in [9.17, 15) is 8.78 Å². The zero-order chi connectivity index (χ0) is 28.5. The summed E-state index contributed by atoms with van der Waals surface area (Å²) in [6.07, 6.45) is 11.4. The predicted octanol–water partition coefficient (Wildman–Crippen LogP) is 7.60. The molecule has 0 bridgehead atoms. The van der Waals surface area contributed by atoms with Crippen LogP contribution in [0.25, 0.3) is 0 Å². The summed E-state index contributed by atoms with van der Waals surface area (Å²) in [6, 6.07) is 10.2. The number of benzene rings is 1. The van der Waals surface area contributed by atoms with Crippen LogP contribution in [0.15, 0.2) is 104 Å². The molecule has 6 aliphatic rings. The summed E-state index contributed by atoms with van der Waals surface area (Å²) in [4.78, 5) is 14.7. The van der Waals surface area contributed by atoms with Crippen LogP contribution in [-0.2, 0) is 0 Å². The van der Waals surface area contributed by atoms with Gasteiger partial charge in [0.25, 0.3) is 6.04 Å². The standard InChI is InChI=1S/C33H33F2N6/c1-5-19(2)23-10-13-26-30-28(41(39-26)25-11-8-22(9-12-25)21-6-7-21)14-15-40(29(30)17-23)20(3)24-16-27-31(36-18-24)38-32(37-27)33(4,34)35/h5,8-9,11-12,16,18,21,23,29H,1-3,6-7,10,13-15,17H2,4H3/q+1. The van der Waals surface area contributed by atoms with Crippen LogP contribution < -0.4 is 0 Å². The van der Waals surface area contributed by atoms with Crippen LogP contribution in [0.1, 0.15) is 56.9 Å². The number of amidine groups is 2. The van der Waals surface area contributed by atoms with Crippen molar-refractivity contribution in [2.24, 2.45) is 26.0 Å². The van der Waals surface area contributed by atoms with Crippen molar-refractivity contribution in [3.05, 3.63) is 102 Å². The fourth-order valence-electron chi connectivity index (χ4n) is 6.53. The molecule has 4 heterocycles. The highest BCUT2D eigenvalue weighted by molar-refractivity contribution is 6.52. The maximum absolute atomic E-state index is 13.9. The first kappa shape index (κ1) is 26.1. The number of aliphatic imine (C=N–C) groups is 3. The van der Waals surface area contributed by atoms with Gasteiger partial charge < -0.3 is 4.90 Å². The average molecular weight is 552 g/mol. The first-order valence-corrected chi connectivity index (χ1v) is 14.4. The Kier molecular flexibility index (Phi) is 6.14. The van der Waals surface area contributed by atoms with E-state index in [0.29, 0.717) is 11.6 Å². The Morgan fingerprint density at radius 3 is 2.59 bits per heavy atom. The Morgan fingerprint density at radius 2 is 1.88 bits per heavy atom. The van der Waals surface area contributed by atoms with Gasteiger partial charge in [0, 0.05) is 55.9 Å². The largest absolute Gasteiger partial charge is 0.364 e. The molecule has 2 aliphatic carbocycles. The van der Waals surface area contributed by atoms with Crippen LogP contribution in [0, 0.1) is 18.4 Å². The Morgan fingerprint density at radius 1 is 1.10 bits per heavy atom. The fourth-order valence-corrected chi connectivity index (χ4v) is 6.53. The molecule has 1 saturated carbocycles. The van der Waals surface area contributed by atoms with Crippen LogP contribution in [0.2, 0.25) is 0 Å². The van der Waals surface area contributed by atoms with Gasteiger partial charge in [0.2, 0.25) is 11.5 Å². The minimum Gasteiger partial charge on any atom is -0.364 e. The number of alkyl halides is 2. The highest BCUT2D eigenvalue weighted by Crippen LogP contribution is 2.50. The minimum absolute atomic E-state index is 0.0434. The molecule has 41 heavy (non-hydrogen) atoms. The zero-order valence-corrected chi connectivity index (χ0v) is 23.3. The summed E-state index contributed by atoms with van der Waals surface area (Å²) >= 11 is 0. The third-order valence-corrected chi connectivity index (χ3v) is 8.97. The Hall–Kier alpha value is -3.81. The van der Waals surface area contributed by atoms with Gasteiger partial charge in [-0.25, -0.2) is 15.0 Å². The molecule has 2 radical (unpaired) electrons. The molecular formula is C33H33F2N6+. The third-order valence-electron chi connectivity index (χ3n) is 8.97. The molecule has 6 nitrogen and oxygen atoms in total. The predicted molar refractivity (Wildman–Crippen MR) is 157 cm³/mol. The van der Waals surface area contributed by atoms with Gasteiger partial charge in [-0.1, -0.05) is 48.2 Å². The van der Waals surface area contributed by atoms with E-state index in [-0.39, 0.29) is 17.8 Å². The van der Waals surface area contributed by atoms with E-state index in [2.05, 4.69) is 68.6 Å². The molecule has 8 heteroatoms. The molecule has 0 spiro atoms. The van der Waals surface area contributed by atoms with E-state index >= 15 is 0 Å². The lowest BCUT2D eigenvalue weighted by Gasteiger charge is -2.41. The normalized spacial score (nSPS) is 25.8. The average Bonchev–Trinajstić information content (AvgIpc) is 3.66. The molecule has 4 aliphatic heterocycles. The van der Waals surface area contributed by atoms with Crippen LogP contribution >= 0.6 is 0 Å². The Bertz CT molecular complexity index is 1540. The third kappa shape index (κ3) is 4.57. The van der Waals surface area contributed by atoms with Crippen molar-refractivity contribution < 1.29 is 13.5 Å². The minimum atomic E-state index is -3.13. The van der Waals surface area contributed by atoms with E-state index < -0.39 is 11.8 Å². The van der Waals surface area contributed by atoms with Crippen molar-refractivity contribution in [3.63, 3.8) is 0 Å². The second kappa shape index (κ2) is 9.64. The Balaban J connectivity index is 1.18. The Labute approximate surface area is 239 Å². The summed E-state index contributed by atoms with van der Waals surface area (Å²) in [5, 5.41) is 5.19. The molecule has 2 unspecified atom stereocenters. The number of fused-ring (bicyclic) bond motifs is 1. The molecule has 0 aromatic heterocycles. The van der Waals surface area contributed by atoms with E-state index in [4.69, 9.17) is 5.11 Å². The molecule has 2 fully saturated rings. The molecule has 1 aromatic carbocycles. The van der Waals surface area contributed by atoms with E-state index in [0.717, 1.165) is 67.4 Å². The quantitative estimate of drug-likeness (QED) is 0.254. The van der Waals surface area contributed by atoms with Crippen molar-refractivity contribution in [2.45, 2.75) is 63.3 Å². The van der Waals surface area contributed by atoms with Crippen molar-refractivity contribution >= 4 is 23.1 Å². The van der Waals surface area contributed by atoms with Crippen molar-refractivity contribution in [1.82, 2.24) is 4.90 Å². The first-order valence-electron chi connectivity index (χ1n) is 14.4. The summed E-state index contributed by atoms with van der Waals surface area (Å²) < 4.78 is 29.9. The molecule has 7 rings (SSSR count). The summed E-state index contributed by atoms with van der Waals surface area (Å²) in [6.45, 7) is 14.3. The summed E-state index contributed by atoms with van der Waals surface area (Å²) in [5.74, 6) is -2.43. The smallest absolute Gasteiger partial charge is 0.303 e. The number of nitrogens with zero attached hydrogens (tertiary/aromatic N) is 6. The summed E-state index contributed by atoms with van der Waals surface area (Å²) in [5.41, 5.74) is 7.84. The number of allylic oxidation sites excluding steroid dienone is 4. The zero-order valence-electron chi connectivity index (χ0n) is 23.3. The second-order valence-corrected chi connectivity index (χ2v) is 11.7. The second-order valence-electron chi connectivity index (χ2n) is 11.7. The SMILES string of the molecule is C=CC(=C)C1CCC2=C3[C](CCN(C(=C)C4=CN=C5N=C(C(C)(F)F)N=C5[CH]4)C3C1)[N+](c1ccc(C3CC3)cc1)=N2. The summed E-state index contributed by atoms with van der Waals surface area (Å²) in [7, 11) is 0. The van der Waals surface area contributed by atoms with Crippen LogP contribution in [0.3, 0.4) is 0 Å². The van der Waals surface area contributed by atoms with E-state index in [1.807, 2.05) is 6.08 Å². The highest BCUT2D eigenvalue weighted by atomic mass is 19.3. The number of piperidine rings is 1. The van der Waals surface area contributed by atoms with Crippen LogP contribution in [-0.4, -0.2) is 45.5 Å². The highest BCUT2D eigenvalue weighted by Gasteiger charge is 2.51. The van der Waals surface area contributed by atoms with Crippen molar-refractivity contribution in [1.29, 1.82) is 0 Å². The van der Waals surface area contributed by atoms with Crippen molar-refractivity contribution in [2.75, 3.05) is 6.54 Å². The van der Waals surface area contributed by atoms with Gasteiger partial charge in [0.1, 0.15) is 5.70 Å². The topological polar surface area (TPSA) is 55.7 Å². The van der Waals surface area contributed by atoms with Crippen molar-refractivity contribution in [3.8, 4) is 0 Å². The fraction of sp³-hybridized carbons (Fsp3) is 0.364. The van der Waals surface area contributed by atoms with Gasteiger partial charge in [-0.05, 0) is 54.6 Å². The molecule has 1 aromatic rings. The number of rotatable bonds is 7. The number of azo groups is 2. The number of likely N-dealkylation sites (tertiary alicyclic amines) is 1. The van der Waals surface area contributed by atoms with Gasteiger partial charge in [0.15, 0.2) is 5.84 Å².